The van der Waals surface area contributed by atoms with Crippen LogP contribution in [0.25, 0.3) is 0 Å². The van der Waals surface area contributed by atoms with Gasteiger partial charge in [-0.3, -0.25) is 4.79 Å². The lowest BCUT2D eigenvalue weighted by molar-refractivity contribution is -0.123. The zero-order valence-corrected chi connectivity index (χ0v) is 12.7. The van der Waals surface area contributed by atoms with Crippen LogP contribution in [0.3, 0.4) is 0 Å². The Morgan fingerprint density at radius 1 is 1.60 bits per heavy atom. The predicted molar refractivity (Wildman–Crippen MR) is 78.6 cm³/mol. The molecule has 1 aliphatic rings. The van der Waals surface area contributed by atoms with Crippen LogP contribution in [0.15, 0.2) is 12.3 Å². The van der Waals surface area contributed by atoms with Crippen molar-refractivity contribution in [3.05, 3.63) is 23.1 Å². The van der Waals surface area contributed by atoms with Gasteiger partial charge in [0.25, 0.3) is 0 Å². The fraction of sp³-hybridized carbons (Fsp3) is 0.600. The first-order valence-corrected chi connectivity index (χ1v) is 7.44. The summed E-state index contributed by atoms with van der Waals surface area (Å²) in [6.07, 6.45) is 3.81. The highest BCUT2D eigenvalue weighted by atomic mass is 35.5. The third-order valence-corrected chi connectivity index (χ3v) is 3.78. The second-order valence-electron chi connectivity index (χ2n) is 5.81. The van der Waals surface area contributed by atoms with Crippen LogP contribution < -0.4 is 4.90 Å². The highest BCUT2D eigenvalue weighted by Gasteiger charge is 2.27. The van der Waals surface area contributed by atoms with Crippen LogP contribution >= 0.6 is 11.6 Å². The van der Waals surface area contributed by atoms with Crippen LogP contribution in [0.1, 0.15) is 33.1 Å². The Labute approximate surface area is 124 Å². The van der Waals surface area contributed by atoms with Crippen molar-refractivity contribution in [1.82, 2.24) is 4.98 Å². The third-order valence-electron chi connectivity index (χ3n) is 3.57. The Morgan fingerprint density at radius 3 is 3.00 bits per heavy atom. The van der Waals surface area contributed by atoms with Gasteiger partial charge in [0.2, 0.25) is 0 Å². The van der Waals surface area contributed by atoms with Crippen molar-refractivity contribution in [2.24, 2.45) is 11.8 Å². The first-order chi connectivity index (χ1) is 9.47. The Balaban J connectivity index is 2.08. The number of pyridine rings is 1. The summed E-state index contributed by atoms with van der Waals surface area (Å²) in [6.45, 7) is 5.37. The monoisotopic (exact) mass is 298 g/mol. The van der Waals surface area contributed by atoms with E-state index in [-0.39, 0.29) is 16.7 Å². The van der Waals surface area contributed by atoms with Crippen molar-refractivity contribution in [1.29, 1.82) is 0 Å². The normalized spacial score (nSPS) is 19.4. The molecule has 0 radical (unpaired) electrons. The molecule has 3 nitrogen and oxygen atoms in total. The quantitative estimate of drug-likeness (QED) is 0.849. The van der Waals surface area contributed by atoms with Gasteiger partial charge >= 0.3 is 0 Å². The lowest BCUT2D eigenvalue weighted by Crippen LogP contribution is -2.39. The summed E-state index contributed by atoms with van der Waals surface area (Å²) in [5, 5.41) is 0.288. The number of Topliss-reactive ketones (excluding diaryl/α,β-unsaturated/α-hetero) is 1. The fourth-order valence-corrected chi connectivity index (χ4v) is 2.79. The molecule has 2 rings (SSSR count). The molecule has 0 spiro atoms. The van der Waals surface area contributed by atoms with Crippen molar-refractivity contribution in [3.63, 3.8) is 0 Å². The van der Waals surface area contributed by atoms with Gasteiger partial charge in [-0.1, -0.05) is 25.4 Å². The van der Waals surface area contributed by atoms with E-state index in [1.807, 2.05) is 18.7 Å². The zero-order valence-electron chi connectivity index (χ0n) is 11.9. The van der Waals surface area contributed by atoms with E-state index in [2.05, 4.69) is 4.98 Å². The SMILES string of the molecule is CC(C)CC(=O)C1CCCN(c2ncc(Cl)cc2F)C1. The maximum atomic E-state index is 13.9. The van der Waals surface area contributed by atoms with Gasteiger partial charge in [0.05, 0.1) is 5.02 Å². The van der Waals surface area contributed by atoms with Gasteiger partial charge in [0.15, 0.2) is 11.6 Å². The average Bonchev–Trinajstić information content (AvgIpc) is 2.38. The summed E-state index contributed by atoms with van der Waals surface area (Å²) in [6, 6.07) is 1.27. The van der Waals surface area contributed by atoms with Crippen LogP contribution in [-0.4, -0.2) is 23.9 Å². The minimum Gasteiger partial charge on any atom is -0.353 e. The van der Waals surface area contributed by atoms with Gasteiger partial charge < -0.3 is 4.90 Å². The number of carbonyl (C=O) groups is 1. The molecule has 1 saturated heterocycles. The average molecular weight is 299 g/mol. The Bertz CT molecular complexity index is 493. The van der Waals surface area contributed by atoms with Crippen molar-refractivity contribution in [2.75, 3.05) is 18.0 Å². The first kappa shape index (κ1) is 15.2. The van der Waals surface area contributed by atoms with Gasteiger partial charge in [0, 0.05) is 31.6 Å². The molecule has 1 aromatic rings. The highest BCUT2D eigenvalue weighted by molar-refractivity contribution is 6.30. The Kier molecular flexibility index (Phi) is 4.97. The molecule has 0 N–H and O–H groups in total. The molecule has 0 bridgehead atoms. The number of hydrogen-bond acceptors (Lipinski definition) is 3. The van der Waals surface area contributed by atoms with Crippen molar-refractivity contribution >= 4 is 23.2 Å². The number of ketones is 1. The van der Waals surface area contributed by atoms with Crippen molar-refractivity contribution < 1.29 is 9.18 Å². The van der Waals surface area contributed by atoms with Gasteiger partial charge in [-0.05, 0) is 24.8 Å². The number of halogens is 2. The molecule has 0 aliphatic carbocycles. The van der Waals surface area contributed by atoms with E-state index in [1.54, 1.807) is 0 Å². The molecule has 2 heterocycles. The molecule has 0 aromatic carbocycles. The lowest BCUT2D eigenvalue weighted by Gasteiger charge is -2.33. The molecule has 5 heteroatoms. The predicted octanol–water partition coefficient (Wildman–Crippen LogP) is 3.71. The maximum Gasteiger partial charge on any atom is 0.167 e. The summed E-state index contributed by atoms with van der Waals surface area (Å²) >= 11 is 5.72. The number of anilines is 1. The Morgan fingerprint density at radius 2 is 2.35 bits per heavy atom. The first-order valence-electron chi connectivity index (χ1n) is 7.06. The molecule has 0 saturated carbocycles. The van der Waals surface area contributed by atoms with E-state index in [1.165, 1.54) is 12.3 Å². The number of nitrogens with zero attached hydrogens (tertiary/aromatic N) is 2. The highest BCUT2D eigenvalue weighted by Crippen LogP contribution is 2.26. The lowest BCUT2D eigenvalue weighted by atomic mass is 9.89. The minimum absolute atomic E-state index is 0.0111. The van der Waals surface area contributed by atoms with Crippen LogP contribution in [0.2, 0.25) is 5.02 Å². The number of piperidine rings is 1. The summed E-state index contributed by atoms with van der Waals surface area (Å²) in [7, 11) is 0. The van der Waals surface area contributed by atoms with Gasteiger partial charge in [0.1, 0.15) is 5.78 Å². The standard InChI is InChI=1S/C15H20ClFN2O/c1-10(2)6-14(20)11-4-3-5-19(9-11)15-13(17)7-12(16)8-18-15/h7-8,10-11H,3-6,9H2,1-2H3. The molecule has 1 atom stereocenters. The molecule has 0 amide bonds. The number of rotatable bonds is 4. The van der Waals surface area contributed by atoms with Crippen LogP contribution in [-0.2, 0) is 4.79 Å². The van der Waals surface area contributed by atoms with E-state index in [4.69, 9.17) is 11.6 Å². The van der Waals surface area contributed by atoms with Gasteiger partial charge in [-0.25, -0.2) is 9.37 Å². The largest absolute Gasteiger partial charge is 0.353 e. The number of carbonyl (C=O) groups excluding carboxylic acids is 1. The zero-order chi connectivity index (χ0) is 14.7. The van der Waals surface area contributed by atoms with E-state index < -0.39 is 5.82 Å². The molecular formula is C15H20ClFN2O. The molecule has 1 aliphatic heterocycles. The summed E-state index contributed by atoms with van der Waals surface area (Å²) < 4.78 is 13.9. The van der Waals surface area contributed by atoms with E-state index in [0.29, 0.717) is 24.7 Å². The Hall–Kier alpha value is -1.16. The second kappa shape index (κ2) is 6.53. The summed E-state index contributed by atoms with van der Waals surface area (Å²) in [5.74, 6) is 0.510. The van der Waals surface area contributed by atoms with Gasteiger partial charge in [-0.15, -0.1) is 0 Å². The smallest absolute Gasteiger partial charge is 0.167 e. The van der Waals surface area contributed by atoms with Gasteiger partial charge in [-0.2, -0.15) is 0 Å². The molecule has 110 valence electrons. The van der Waals surface area contributed by atoms with Crippen LogP contribution in [0, 0.1) is 17.7 Å². The van der Waals surface area contributed by atoms with E-state index in [0.717, 1.165) is 19.4 Å². The van der Waals surface area contributed by atoms with Crippen LogP contribution in [0.5, 0.6) is 0 Å². The summed E-state index contributed by atoms with van der Waals surface area (Å²) in [4.78, 5) is 18.1. The van der Waals surface area contributed by atoms with E-state index >= 15 is 0 Å². The molecule has 20 heavy (non-hydrogen) atoms. The fourth-order valence-electron chi connectivity index (χ4n) is 2.64. The van der Waals surface area contributed by atoms with Crippen molar-refractivity contribution in [2.45, 2.75) is 33.1 Å². The van der Waals surface area contributed by atoms with E-state index in [9.17, 15) is 9.18 Å². The van der Waals surface area contributed by atoms with Crippen LogP contribution in [0.4, 0.5) is 10.2 Å². The molecular weight excluding hydrogens is 279 g/mol. The maximum absolute atomic E-state index is 13.9. The third kappa shape index (κ3) is 3.69. The number of aromatic nitrogens is 1. The number of hydrogen-bond donors (Lipinski definition) is 0. The summed E-state index contributed by atoms with van der Waals surface area (Å²) in [5.41, 5.74) is 0. The second-order valence-corrected chi connectivity index (χ2v) is 6.24. The molecule has 1 unspecified atom stereocenters. The minimum atomic E-state index is -0.422. The molecule has 1 fully saturated rings. The molecule has 1 aromatic heterocycles. The van der Waals surface area contributed by atoms with Crippen molar-refractivity contribution in [3.8, 4) is 0 Å². The topological polar surface area (TPSA) is 33.2 Å².